The van der Waals surface area contributed by atoms with Gasteiger partial charge in [0.05, 0.1) is 12.7 Å². The van der Waals surface area contributed by atoms with Gasteiger partial charge < -0.3 is 24.1 Å². The molecule has 2 aromatic rings. The molecule has 7 nitrogen and oxygen atoms in total. The van der Waals surface area contributed by atoms with Gasteiger partial charge in [-0.25, -0.2) is 4.79 Å². The van der Waals surface area contributed by atoms with Crippen molar-refractivity contribution < 1.29 is 28.9 Å². The van der Waals surface area contributed by atoms with Gasteiger partial charge in [0.15, 0.2) is 6.10 Å². The summed E-state index contributed by atoms with van der Waals surface area (Å²) in [5.41, 5.74) is -1.38. The van der Waals surface area contributed by atoms with Crippen molar-refractivity contribution in [1.82, 2.24) is 0 Å². The van der Waals surface area contributed by atoms with Gasteiger partial charge in [-0.15, -0.1) is 0 Å². The van der Waals surface area contributed by atoms with E-state index in [0.717, 1.165) is 0 Å². The number of fused-ring (bicyclic) bond motifs is 1. The third-order valence-electron chi connectivity index (χ3n) is 4.12. The molecule has 2 atom stereocenters. The first kappa shape index (κ1) is 20.9. The molecule has 0 aliphatic heterocycles. The number of carbonyl (C=O) groups excluding carboxylic acids is 1. The molecule has 148 valence electrons. The van der Waals surface area contributed by atoms with Crippen LogP contribution in [0.15, 0.2) is 33.5 Å². The lowest BCUT2D eigenvalue weighted by Crippen LogP contribution is -2.42. The van der Waals surface area contributed by atoms with Crippen LogP contribution < -0.4 is 10.4 Å². The Balaban J connectivity index is 2.57. The molecule has 0 aliphatic rings. The summed E-state index contributed by atoms with van der Waals surface area (Å²) in [6, 6.07) is 5.93. The van der Waals surface area contributed by atoms with E-state index in [2.05, 4.69) is 0 Å². The van der Waals surface area contributed by atoms with Gasteiger partial charge >= 0.3 is 11.6 Å². The Morgan fingerprint density at radius 2 is 1.93 bits per heavy atom. The maximum Gasteiger partial charge on any atom is 0.336 e. The average molecular weight is 378 g/mol. The quantitative estimate of drug-likeness (QED) is 0.563. The fraction of sp³-hybridized carbons (Fsp3) is 0.500. The molecule has 0 saturated heterocycles. The van der Waals surface area contributed by atoms with Crippen LogP contribution in [-0.4, -0.2) is 35.0 Å². The summed E-state index contributed by atoms with van der Waals surface area (Å²) in [6.07, 6.45) is -2.40. The molecule has 0 radical (unpaired) electrons. The minimum Gasteiger partial charge on any atom is -0.496 e. The number of rotatable bonds is 7. The number of ether oxygens (including phenoxy) is 2. The van der Waals surface area contributed by atoms with Crippen molar-refractivity contribution >= 4 is 16.9 Å². The second kappa shape index (κ2) is 8.10. The minimum absolute atomic E-state index is 0.0743. The largest absolute Gasteiger partial charge is 0.496 e. The van der Waals surface area contributed by atoms with E-state index in [9.17, 15) is 19.8 Å². The van der Waals surface area contributed by atoms with Crippen LogP contribution in [0.5, 0.6) is 5.75 Å². The zero-order valence-corrected chi connectivity index (χ0v) is 16.2. The van der Waals surface area contributed by atoms with Crippen LogP contribution in [0.2, 0.25) is 0 Å². The summed E-state index contributed by atoms with van der Waals surface area (Å²) in [5.74, 6) is -0.159. The summed E-state index contributed by atoms with van der Waals surface area (Å²) >= 11 is 0. The highest BCUT2D eigenvalue weighted by atomic mass is 16.6. The number of aliphatic hydroxyl groups is 2. The van der Waals surface area contributed by atoms with Crippen molar-refractivity contribution in [3.05, 3.63) is 40.2 Å². The molecule has 27 heavy (non-hydrogen) atoms. The highest BCUT2D eigenvalue weighted by Crippen LogP contribution is 2.37. The normalized spacial score (nSPS) is 14.2. The van der Waals surface area contributed by atoms with Gasteiger partial charge in [-0.2, -0.15) is 0 Å². The third kappa shape index (κ3) is 5.08. The summed E-state index contributed by atoms with van der Waals surface area (Å²) in [5, 5.41) is 21.5. The first-order valence-corrected chi connectivity index (χ1v) is 8.74. The lowest BCUT2D eigenvalue weighted by molar-refractivity contribution is -0.168. The van der Waals surface area contributed by atoms with Crippen molar-refractivity contribution in [1.29, 1.82) is 0 Å². The number of hydrogen-bond donors (Lipinski definition) is 2. The van der Waals surface area contributed by atoms with E-state index < -0.39 is 29.4 Å². The molecule has 2 rings (SSSR count). The lowest BCUT2D eigenvalue weighted by atomic mass is 9.91. The molecule has 7 heteroatoms. The third-order valence-corrected chi connectivity index (χ3v) is 4.12. The van der Waals surface area contributed by atoms with Gasteiger partial charge in [0.1, 0.15) is 17.4 Å². The smallest absolute Gasteiger partial charge is 0.336 e. The van der Waals surface area contributed by atoms with Crippen LogP contribution in [0.4, 0.5) is 0 Å². The number of hydrogen-bond acceptors (Lipinski definition) is 7. The topological polar surface area (TPSA) is 106 Å². The van der Waals surface area contributed by atoms with Crippen LogP contribution in [0.1, 0.15) is 45.8 Å². The minimum atomic E-state index is -1.54. The predicted molar refractivity (Wildman–Crippen MR) is 99.6 cm³/mol. The Bertz CT molecular complexity index is 861. The number of benzene rings is 1. The molecule has 0 fully saturated rings. The monoisotopic (exact) mass is 378 g/mol. The second-order valence-corrected chi connectivity index (χ2v) is 7.49. The van der Waals surface area contributed by atoms with Crippen LogP contribution in [0, 0.1) is 5.92 Å². The molecule has 0 saturated carbocycles. The maximum atomic E-state index is 12.3. The second-order valence-electron chi connectivity index (χ2n) is 7.49. The Morgan fingerprint density at radius 3 is 2.48 bits per heavy atom. The molecule has 2 N–H and O–H groups in total. The van der Waals surface area contributed by atoms with Crippen molar-refractivity contribution in [2.75, 3.05) is 7.11 Å². The van der Waals surface area contributed by atoms with Crippen molar-refractivity contribution in [2.24, 2.45) is 5.92 Å². The molecule has 1 aromatic heterocycles. The van der Waals surface area contributed by atoms with Crippen molar-refractivity contribution in [3.63, 3.8) is 0 Å². The molecule has 0 spiro atoms. The Hall–Kier alpha value is -2.38. The Kier molecular flexibility index (Phi) is 6.28. The molecule has 0 unspecified atom stereocenters. The van der Waals surface area contributed by atoms with Gasteiger partial charge in [-0.1, -0.05) is 13.8 Å². The zero-order valence-electron chi connectivity index (χ0n) is 16.2. The Morgan fingerprint density at radius 1 is 1.26 bits per heavy atom. The first-order chi connectivity index (χ1) is 12.5. The average Bonchev–Trinajstić information content (AvgIpc) is 2.56. The molecule has 0 bridgehead atoms. The highest BCUT2D eigenvalue weighted by Gasteiger charge is 2.38. The van der Waals surface area contributed by atoms with E-state index in [-0.39, 0.29) is 18.1 Å². The Labute approximate surface area is 157 Å². The zero-order chi connectivity index (χ0) is 20.4. The van der Waals surface area contributed by atoms with Gasteiger partial charge in [-0.3, -0.25) is 4.79 Å². The predicted octanol–water partition coefficient (Wildman–Crippen LogP) is 2.56. The molecular formula is C20H26O7. The number of aliphatic hydroxyl groups excluding tert-OH is 1. The lowest BCUT2D eigenvalue weighted by Gasteiger charge is -2.32. The maximum absolute atomic E-state index is 12.3. The van der Waals surface area contributed by atoms with Crippen molar-refractivity contribution in [2.45, 2.75) is 51.9 Å². The van der Waals surface area contributed by atoms with Gasteiger partial charge in [0.25, 0.3) is 0 Å². The van der Waals surface area contributed by atoms with Crippen LogP contribution in [0.25, 0.3) is 11.0 Å². The summed E-state index contributed by atoms with van der Waals surface area (Å²) in [4.78, 5) is 23.7. The highest BCUT2D eigenvalue weighted by molar-refractivity contribution is 5.80. The van der Waals surface area contributed by atoms with Crippen LogP contribution in [-0.2, 0) is 9.53 Å². The van der Waals surface area contributed by atoms with E-state index in [1.54, 1.807) is 12.1 Å². The van der Waals surface area contributed by atoms with Gasteiger partial charge in [0, 0.05) is 29.5 Å². The number of esters is 1. The SMILES string of the molecule is COc1cc2oc(=O)ccc2cc1[C@@H](OC(=O)CC(C)C)[C@@H](O)C(C)(C)O. The summed E-state index contributed by atoms with van der Waals surface area (Å²) in [6.45, 7) is 6.60. The summed E-state index contributed by atoms with van der Waals surface area (Å²) < 4.78 is 16.0. The number of carbonyl (C=O) groups is 1. The fourth-order valence-electron chi connectivity index (χ4n) is 2.71. The van der Waals surface area contributed by atoms with Crippen molar-refractivity contribution in [3.8, 4) is 5.75 Å². The number of methoxy groups -OCH3 is 1. The van der Waals surface area contributed by atoms with Crippen LogP contribution in [0.3, 0.4) is 0 Å². The molecule has 0 amide bonds. The van der Waals surface area contributed by atoms with Gasteiger partial charge in [0.2, 0.25) is 0 Å². The van der Waals surface area contributed by atoms with E-state index in [1.807, 2.05) is 13.8 Å². The molecular weight excluding hydrogens is 352 g/mol. The van der Waals surface area contributed by atoms with E-state index >= 15 is 0 Å². The summed E-state index contributed by atoms with van der Waals surface area (Å²) in [7, 11) is 1.41. The molecule has 0 aliphatic carbocycles. The van der Waals surface area contributed by atoms with Gasteiger partial charge in [-0.05, 0) is 31.9 Å². The van der Waals surface area contributed by atoms with E-state index in [1.165, 1.54) is 33.1 Å². The van der Waals surface area contributed by atoms with Crippen LogP contribution >= 0.6 is 0 Å². The molecule has 1 heterocycles. The standard InChI is InChI=1S/C20H26O7/c1-11(2)8-17(22)27-18(19(23)20(3,4)24)13-9-12-6-7-16(21)26-14(12)10-15(13)25-5/h6-7,9-11,18-19,23-24H,8H2,1-5H3/t18-,19-/m1/s1. The van der Waals surface area contributed by atoms with E-state index in [0.29, 0.717) is 16.5 Å². The first-order valence-electron chi connectivity index (χ1n) is 8.74. The van der Waals surface area contributed by atoms with E-state index in [4.69, 9.17) is 13.9 Å². The fourth-order valence-corrected chi connectivity index (χ4v) is 2.71. The molecule has 1 aromatic carbocycles.